The Labute approximate surface area is 138 Å². The number of amides is 1. The van der Waals surface area contributed by atoms with Crippen LogP contribution >= 0.6 is 0 Å². The summed E-state index contributed by atoms with van der Waals surface area (Å²) in [5.41, 5.74) is 1.68. The summed E-state index contributed by atoms with van der Waals surface area (Å²) in [6.07, 6.45) is 1.86. The number of aromatic amines is 1. The highest BCUT2D eigenvalue weighted by Gasteiger charge is 2.13. The van der Waals surface area contributed by atoms with Gasteiger partial charge >= 0.3 is 0 Å². The molecular formula is C18H16N2O4. The first-order valence-electron chi connectivity index (χ1n) is 7.67. The number of fused-ring (bicyclic) bond motifs is 2. The van der Waals surface area contributed by atoms with E-state index in [1.165, 1.54) is 0 Å². The van der Waals surface area contributed by atoms with E-state index in [9.17, 15) is 4.79 Å². The number of hydrogen-bond donors (Lipinski definition) is 2. The van der Waals surface area contributed by atoms with Gasteiger partial charge in [0.2, 0.25) is 0 Å². The molecule has 0 fully saturated rings. The first kappa shape index (κ1) is 14.4. The lowest BCUT2D eigenvalue weighted by Crippen LogP contribution is -2.20. The predicted octanol–water partition coefficient (Wildman–Crippen LogP) is 2.96. The normalized spacial score (nSPS) is 12.8. The monoisotopic (exact) mass is 324 g/mol. The molecule has 0 unspecified atom stereocenters. The molecule has 0 saturated carbocycles. The first-order chi connectivity index (χ1) is 11.8. The molecule has 122 valence electrons. The van der Waals surface area contributed by atoms with Crippen LogP contribution in [-0.2, 0) is 4.79 Å². The Morgan fingerprint density at radius 1 is 1.08 bits per heavy atom. The number of carbonyl (C=O) groups excluding carboxylic acids is 1. The van der Waals surface area contributed by atoms with Crippen LogP contribution in [0.1, 0.15) is 0 Å². The fraction of sp³-hybridized carbons (Fsp3) is 0.167. The standard InChI is InChI=1S/C18H16N2O4/c21-18(11-24-14-2-3-15-12(9-14)5-6-19-15)20-13-1-4-16-17(10-13)23-8-7-22-16/h1-6,9-10,19H,7-8,11H2,(H,20,21). The average Bonchev–Trinajstić information content (AvgIpc) is 3.07. The molecule has 24 heavy (non-hydrogen) atoms. The zero-order valence-electron chi connectivity index (χ0n) is 12.9. The third-order valence-electron chi connectivity index (χ3n) is 3.72. The minimum Gasteiger partial charge on any atom is -0.486 e. The Morgan fingerprint density at radius 2 is 1.96 bits per heavy atom. The van der Waals surface area contributed by atoms with E-state index in [0.717, 1.165) is 10.9 Å². The van der Waals surface area contributed by atoms with Gasteiger partial charge in [-0.3, -0.25) is 4.79 Å². The zero-order valence-corrected chi connectivity index (χ0v) is 12.9. The number of rotatable bonds is 4. The van der Waals surface area contributed by atoms with E-state index in [2.05, 4.69) is 10.3 Å². The van der Waals surface area contributed by atoms with E-state index in [4.69, 9.17) is 14.2 Å². The lowest BCUT2D eigenvalue weighted by atomic mass is 10.2. The van der Waals surface area contributed by atoms with Gasteiger partial charge in [0.15, 0.2) is 18.1 Å². The number of benzene rings is 2. The molecule has 3 aromatic rings. The minimum absolute atomic E-state index is 0.0651. The first-order valence-corrected chi connectivity index (χ1v) is 7.67. The van der Waals surface area contributed by atoms with Crippen molar-refractivity contribution in [1.82, 2.24) is 4.98 Å². The molecule has 2 heterocycles. The maximum Gasteiger partial charge on any atom is 0.262 e. The van der Waals surface area contributed by atoms with E-state index in [1.54, 1.807) is 18.2 Å². The largest absolute Gasteiger partial charge is 0.486 e. The molecule has 1 aromatic heterocycles. The molecule has 1 aliphatic heterocycles. The highest BCUT2D eigenvalue weighted by molar-refractivity contribution is 5.92. The molecular weight excluding hydrogens is 308 g/mol. The highest BCUT2D eigenvalue weighted by Crippen LogP contribution is 2.32. The smallest absolute Gasteiger partial charge is 0.262 e. The quantitative estimate of drug-likeness (QED) is 0.774. The summed E-state index contributed by atoms with van der Waals surface area (Å²) in [5, 5.41) is 3.83. The van der Waals surface area contributed by atoms with Crippen molar-refractivity contribution in [3.63, 3.8) is 0 Å². The number of hydrogen-bond acceptors (Lipinski definition) is 4. The van der Waals surface area contributed by atoms with Crippen molar-refractivity contribution in [3.8, 4) is 17.2 Å². The summed E-state index contributed by atoms with van der Waals surface area (Å²) in [6.45, 7) is 0.984. The zero-order chi connectivity index (χ0) is 16.4. The molecule has 0 spiro atoms. The van der Waals surface area contributed by atoms with Gasteiger partial charge in [0.1, 0.15) is 19.0 Å². The number of anilines is 1. The summed E-state index contributed by atoms with van der Waals surface area (Å²) in [5.74, 6) is 1.74. The third kappa shape index (κ3) is 2.99. The van der Waals surface area contributed by atoms with Crippen molar-refractivity contribution in [2.75, 3.05) is 25.1 Å². The Kier molecular flexibility index (Phi) is 3.70. The number of ether oxygens (including phenoxy) is 3. The van der Waals surface area contributed by atoms with E-state index >= 15 is 0 Å². The molecule has 6 heteroatoms. The topological polar surface area (TPSA) is 72.6 Å². The second-order valence-corrected chi connectivity index (χ2v) is 5.42. The summed E-state index contributed by atoms with van der Waals surface area (Å²) >= 11 is 0. The summed E-state index contributed by atoms with van der Waals surface area (Å²) in [6, 6.07) is 12.9. The van der Waals surface area contributed by atoms with E-state index in [0.29, 0.717) is 36.1 Å². The lowest BCUT2D eigenvalue weighted by molar-refractivity contribution is -0.118. The molecule has 4 rings (SSSR count). The third-order valence-corrected chi connectivity index (χ3v) is 3.72. The maximum atomic E-state index is 12.1. The van der Waals surface area contributed by atoms with Crippen LogP contribution in [0.5, 0.6) is 17.2 Å². The summed E-state index contributed by atoms with van der Waals surface area (Å²) in [4.78, 5) is 15.2. The van der Waals surface area contributed by atoms with Gasteiger partial charge in [-0.05, 0) is 36.4 Å². The van der Waals surface area contributed by atoms with E-state index in [-0.39, 0.29) is 12.5 Å². The molecule has 6 nitrogen and oxygen atoms in total. The summed E-state index contributed by atoms with van der Waals surface area (Å²) < 4.78 is 16.5. The van der Waals surface area contributed by atoms with Gasteiger partial charge < -0.3 is 24.5 Å². The average molecular weight is 324 g/mol. The number of H-pyrrole nitrogens is 1. The lowest BCUT2D eigenvalue weighted by Gasteiger charge is -2.19. The van der Waals surface area contributed by atoms with Gasteiger partial charge in [0.05, 0.1) is 0 Å². The van der Waals surface area contributed by atoms with Crippen LogP contribution in [0.15, 0.2) is 48.7 Å². The van der Waals surface area contributed by atoms with Crippen LogP contribution in [0, 0.1) is 0 Å². The molecule has 0 aliphatic carbocycles. The Balaban J connectivity index is 1.37. The van der Waals surface area contributed by atoms with Crippen LogP contribution in [0.3, 0.4) is 0 Å². The number of carbonyl (C=O) groups is 1. The van der Waals surface area contributed by atoms with Crippen molar-refractivity contribution in [1.29, 1.82) is 0 Å². The predicted molar refractivity (Wildman–Crippen MR) is 89.9 cm³/mol. The second kappa shape index (κ2) is 6.16. The summed E-state index contributed by atoms with van der Waals surface area (Å²) in [7, 11) is 0. The Hall–Kier alpha value is -3.15. The van der Waals surface area contributed by atoms with Crippen molar-refractivity contribution in [2.45, 2.75) is 0 Å². The van der Waals surface area contributed by atoms with Crippen LogP contribution in [0.2, 0.25) is 0 Å². The van der Waals surface area contributed by atoms with Crippen molar-refractivity contribution < 1.29 is 19.0 Å². The molecule has 1 amide bonds. The van der Waals surface area contributed by atoms with Gasteiger partial charge in [-0.1, -0.05) is 0 Å². The highest BCUT2D eigenvalue weighted by atomic mass is 16.6. The van der Waals surface area contributed by atoms with Crippen LogP contribution in [-0.4, -0.2) is 30.7 Å². The Bertz CT molecular complexity index is 888. The van der Waals surface area contributed by atoms with Gasteiger partial charge in [-0.2, -0.15) is 0 Å². The van der Waals surface area contributed by atoms with Crippen molar-refractivity contribution in [2.24, 2.45) is 0 Å². The molecule has 2 N–H and O–H groups in total. The van der Waals surface area contributed by atoms with Gasteiger partial charge in [-0.15, -0.1) is 0 Å². The molecule has 2 aromatic carbocycles. The molecule has 0 radical (unpaired) electrons. The van der Waals surface area contributed by atoms with Crippen molar-refractivity contribution >= 4 is 22.5 Å². The fourth-order valence-corrected chi connectivity index (χ4v) is 2.59. The Morgan fingerprint density at radius 3 is 2.88 bits per heavy atom. The number of nitrogens with one attached hydrogen (secondary N) is 2. The SMILES string of the molecule is O=C(COc1ccc2[nH]ccc2c1)Nc1ccc2c(c1)OCCO2. The maximum absolute atomic E-state index is 12.1. The fourth-order valence-electron chi connectivity index (χ4n) is 2.59. The molecule has 1 aliphatic rings. The van der Waals surface area contributed by atoms with Crippen LogP contribution in [0.25, 0.3) is 10.9 Å². The van der Waals surface area contributed by atoms with Crippen molar-refractivity contribution in [3.05, 3.63) is 48.7 Å². The minimum atomic E-state index is -0.235. The molecule has 0 bridgehead atoms. The molecule has 0 atom stereocenters. The van der Waals surface area contributed by atoms with E-state index < -0.39 is 0 Å². The number of aromatic nitrogens is 1. The second-order valence-electron chi connectivity index (χ2n) is 5.42. The van der Waals surface area contributed by atoms with Gasteiger partial charge in [0.25, 0.3) is 5.91 Å². The van der Waals surface area contributed by atoms with E-state index in [1.807, 2.05) is 30.5 Å². The van der Waals surface area contributed by atoms with Crippen LogP contribution < -0.4 is 19.5 Å². The van der Waals surface area contributed by atoms with Gasteiger partial charge in [-0.25, -0.2) is 0 Å². The van der Waals surface area contributed by atoms with Gasteiger partial charge in [0, 0.05) is 28.9 Å². The molecule has 0 saturated heterocycles. The van der Waals surface area contributed by atoms with Crippen LogP contribution in [0.4, 0.5) is 5.69 Å².